The lowest BCUT2D eigenvalue weighted by Crippen LogP contribution is -2.46. The van der Waals surface area contributed by atoms with Crippen LogP contribution in [0.2, 0.25) is 0 Å². The van der Waals surface area contributed by atoms with Crippen LogP contribution in [-0.2, 0) is 0 Å². The highest BCUT2D eigenvalue weighted by Crippen LogP contribution is 2.34. The minimum atomic E-state index is 0.382. The first-order valence-corrected chi connectivity index (χ1v) is 6.98. The van der Waals surface area contributed by atoms with E-state index in [4.69, 9.17) is 0 Å². The maximum atomic E-state index is 4.51. The van der Waals surface area contributed by atoms with Crippen molar-refractivity contribution in [1.82, 2.24) is 25.1 Å². The second kappa shape index (κ2) is 4.56. The van der Waals surface area contributed by atoms with E-state index < -0.39 is 0 Å². The standard InChI is InChI=1S/C12H15BrN6/c1-6-10(13)12(16-7(2)14-6)19-4-9(5-19)11-15-8(3)17-18-11/h9H,4-5H2,1-3H3,(H,15,17,18). The number of hydrogen-bond donors (Lipinski definition) is 1. The van der Waals surface area contributed by atoms with E-state index in [1.54, 1.807) is 0 Å². The molecule has 0 amide bonds. The van der Waals surface area contributed by atoms with E-state index >= 15 is 0 Å². The molecular weight excluding hydrogens is 308 g/mol. The SMILES string of the molecule is Cc1nc(C)c(Br)c(N2CC(c3n[nH]c(C)n3)C2)n1. The van der Waals surface area contributed by atoms with Crippen molar-refractivity contribution >= 4 is 21.7 Å². The molecule has 6 nitrogen and oxygen atoms in total. The fourth-order valence-electron chi connectivity index (χ4n) is 2.25. The Bertz CT molecular complexity index is 617. The Balaban J connectivity index is 1.77. The second-order valence-electron chi connectivity index (χ2n) is 4.87. The zero-order valence-corrected chi connectivity index (χ0v) is 12.7. The largest absolute Gasteiger partial charge is 0.354 e. The Labute approximate surface area is 119 Å². The van der Waals surface area contributed by atoms with E-state index in [1.807, 2.05) is 20.8 Å². The Morgan fingerprint density at radius 3 is 2.53 bits per heavy atom. The number of rotatable bonds is 2. The van der Waals surface area contributed by atoms with Crippen LogP contribution in [0.15, 0.2) is 4.47 Å². The summed E-state index contributed by atoms with van der Waals surface area (Å²) in [5.74, 6) is 3.91. The van der Waals surface area contributed by atoms with Crippen LogP contribution in [-0.4, -0.2) is 38.2 Å². The monoisotopic (exact) mass is 322 g/mol. The van der Waals surface area contributed by atoms with Crippen molar-refractivity contribution in [3.63, 3.8) is 0 Å². The van der Waals surface area contributed by atoms with Gasteiger partial charge >= 0.3 is 0 Å². The van der Waals surface area contributed by atoms with Crippen molar-refractivity contribution in [1.29, 1.82) is 0 Å². The van der Waals surface area contributed by atoms with Gasteiger partial charge in [-0.15, -0.1) is 0 Å². The quantitative estimate of drug-likeness (QED) is 0.914. The van der Waals surface area contributed by atoms with Gasteiger partial charge in [0.2, 0.25) is 0 Å². The molecule has 3 heterocycles. The van der Waals surface area contributed by atoms with Gasteiger partial charge in [0.25, 0.3) is 0 Å². The van der Waals surface area contributed by atoms with Crippen molar-refractivity contribution < 1.29 is 0 Å². The molecule has 1 aliphatic rings. The third-order valence-corrected chi connectivity index (χ3v) is 4.20. The highest BCUT2D eigenvalue weighted by Gasteiger charge is 2.33. The molecule has 100 valence electrons. The summed E-state index contributed by atoms with van der Waals surface area (Å²) in [7, 11) is 0. The maximum Gasteiger partial charge on any atom is 0.157 e. The van der Waals surface area contributed by atoms with Gasteiger partial charge in [0.05, 0.1) is 16.1 Å². The Hall–Kier alpha value is -1.50. The lowest BCUT2D eigenvalue weighted by molar-refractivity contribution is 0.495. The van der Waals surface area contributed by atoms with Crippen LogP contribution in [0, 0.1) is 20.8 Å². The average Bonchev–Trinajstić information content (AvgIpc) is 2.69. The third-order valence-electron chi connectivity index (χ3n) is 3.27. The fourth-order valence-corrected chi connectivity index (χ4v) is 2.68. The molecule has 0 bridgehead atoms. The maximum absolute atomic E-state index is 4.51. The van der Waals surface area contributed by atoms with Crippen LogP contribution in [0.1, 0.15) is 29.1 Å². The number of aromatic amines is 1. The first-order chi connectivity index (χ1) is 9.04. The van der Waals surface area contributed by atoms with Gasteiger partial charge in [0, 0.05) is 13.1 Å². The number of H-pyrrole nitrogens is 1. The Kier molecular flexibility index (Phi) is 3.00. The summed E-state index contributed by atoms with van der Waals surface area (Å²) in [5.41, 5.74) is 0.972. The fraction of sp³-hybridized carbons (Fsp3) is 0.500. The van der Waals surface area contributed by atoms with Gasteiger partial charge in [-0.3, -0.25) is 5.10 Å². The topological polar surface area (TPSA) is 70.6 Å². The number of halogens is 1. The van der Waals surface area contributed by atoms with Crippen LogP contribution in [0.25, 0.3) is 0 Å². The van der Waals surface area contributed by atoms with Crippen LogP contribution >= 0.6 is 15.9 Å². The summed E-state index contributed by atoms with van der Waals surface area (Å²) in [5, 5.41) is 7.10. The molecule has 0 unspecified atom stereocenters. The molecule has 3 rings (SSSR count). The predicted molar refractivity (Wildman–Crippen MR) is 75.3 cm³/mol. The summed E-state index contributed by atoms with van der Waals surface area (Å²) >= 11 is 3.57. The Morgan fingerprint density at radius 1 is 1.16 bits per heavy atom. The summed E-state index contributed by atoms with van der Waals surface area (Å²) in [6, 6.07) is 0. The molecule has 1 fully saturated rings. The lowest BCUT2D eigenvalue weighted by atomic mass is 9.99. The van der Waals surface area contributed by atoms with E-state index in [2.05, 4.69) is 46.0 Å². The van der Waals surface area contributed by atoms with Gasteiger partial charge in [-0.1, -0.05) is 0 Å². The van der Waals surface area contributed by atoms with E-state index in [-0.39, 0.29) is 0 Å². The van der Waals surface area contributed by atoms with E-state index in [1.165, 1.54) is 0 Å². The van der Waals surface area contributed by atoms with Crippen LogP contribution in [0.4, 0.5) is 5.82 Å². The molecule has 19 heavy (non-hydrogen) atoms. The molecule has 1 N–H and O–H groups in total. The molecule has 0 radical (unpaired) electrons. The lowest BCUT2D eigenvalue weighted by Gasteiger charge is -2.39. The summed E-state index contributed by atoms with van der Waals surface area (Å²) in [4.78, 5) is 15.5. The molecule has 0 aromatic carbocycles. The van der Waals surface area contributed by atoms with Crippen molar-refractivity contribution in [2.45, 2.75) is 26.7 Å². The van der Waals surface area contributed by atoms with Crippen LogP contribution in [0.5, 0.6) is 0 Å². The summed E-state index contributed by atoms with van der Waals surface area (Å²) in [6.07, 6.45) is 0. The zero-order valence-electron chi connectivity index (χ0n) is 11.1. The van der Waals surface area contributed by atoms with Gasteiger partial charge in [0.15, 0.2) is 5.82 Å². The molecule has 0 aliphatic carbocycles. The number of anilines is 1. The molecule has 0 saturated carbocycles. The van der Waals surface area contributed by atoms with E-state index in [0.29, 0.717) is 5.92 Å². The van der Waals surface area contributed by atoms with E-state index in [9.17, 15) is 0 Å². The van der Waals surface area contributed by atoms with Gasteiger partial charge in [-0.05, 0) is 36.7 Å². The average molecular weight is 323 g/mol. The van der Waals surface area contributed by atoms with Crippen LogP contribution < -0.4 is 4.90 Å². The first-order valence-electron chi connectivity index (χ1n) is 6.19. The van der Waals surface area contributed by atoms with Gasteiger partial charge in [-0.25, -0.2) is 15.0 Å². The predicted octanol–water partition coefficient (Wildman–Crippen LogP) is 1.89. The highest BCUT2D eigenvalue weighted by atomic mass is 79.9. The zero-order chi connectivity index (χ0) is 13.6. The molecule has 7 heteroatoms. The Morgan fingerprint density at radius 2 is 1.89 bits per heavy atom. The minimum Gasteiger partial charge on any atom is -0.354 e. The highest BCUT2D eigenvalue weighted by molar-refractivity contribution is 9.10. The van der Waals surface area contributed by atoms with Crippen LogP contribution in [0.3, 0.4) is 0 Å². The first kappa shape index (κ1) is 12.5. The smallest absolute Gasteiger partial charge is 0.157 e. The molecule has 2 aromatic heterocycles. The third kappa shape index (κ3) is 2.22. The summed E-state index contributed by atoms with van der Waals surface area (Å²) < 4.78 is 0.975. The molecular formula is C12H15BrN6. The van der Waals surface area contributed by atoms with Gasteiger partial charge in [0.1, 0.15) is 17.5 Å². The molecule has 1 aliphatic heterocycles. The second-order valence-corrected chi connectivity index (χ2v) is 5.67. The number of nitrogens with one attached hydrogen (secondary N) is 1. The molecule has 0 atom stereocenters. The number of hydrogen-bond acceptors (Lipinski definition) is 5. The van der Waals surface area contributed by atoms with Gasteiger partial charge in [-0.2, -0.15) is 5.10 Å². The molecule has 0 spiro atoms. The van der Waals surface area contributed by atoms with Crippen molar-refractivity contribution in [2.75, 3.05) is 18.0 Å². The summed E-state index contributed by atoms with van der Waals surface area (Å²) in [6.45, 7) is 7.61. The van der Waals surface area contributed by atoms with Crippen molar-refractivity contribution in [3.05, 3.63) is 27.6 Å². The van der Waals surface area contributed by atoms with E-state index in [0.717, 1.165) is 46.5 Å². The molecule has 2 aromatic rings. The van der Waals surface area contributed by atoms with Crippen molar-refractivity contribution in [2.24, 2.45) is 0 Å². The number of aromatic nitrogens is 5. The number of nitrogens with zero attached hydrogens (tertiary/aromatic N) is 5. The van der Waals surface area contributed by atoms with Crippen molar-refractivity contribution in [3.8, 4) is 0 Å². The van der Waals surface area contributed by atoms with Gasteiger partial charge < -0.3 is 4.90 Å². The molecule has 1 saturated heterocycles. The normalized spacial score (nSPS) is 15.7. The minimum absolute atomic E-state index is 0.382. The number of aryl methyl sites for hydroxylation is 3.